The third-order valence-electron chi connectivity index (χ3n) is 3.96. The van der Waals surface area contributed by atoms with Gasteiger partial charge in [0.25, 0.3) is 0 Å². The molecule has 0 bridgehead atoms. The number of aliphatic hydroxyl groups excluding tert-OH is 1. The van der Waals surface area contributed by atoms with Crippen molar-refractivity contribution >= 4 is 11.8 Å². The average Bonchev–Trinajstić information content (AvgIpc) is 2.82. The Morgan fingerprint density at radius 1 is 1.24 bits per heavy atom. The molecule has 0 amide bonds. The van der Waals surface area contributed by atoms with Gasteiger partial charge in [-0.3, -0.25) is 0 Å². The summed E-state index contributed by atoms with van der Waals surface area (Å²) in [5.41, 5.74) is 1.54. The van der Waals surface area contributed by atoms with E-state index in [0.717, 1.165) is 6.42 Å². The molecular weight excluding hydrogens is 228 g/mol. The Morgan fingerprint density at radius 2 is 1.76 bits per heavy atom. The van der Waals surface area contributed by atoms with Crippen molar-refractivity contribution in [2.75, 3.05) is 6.61 Å². The van der Waals surface area contributed by atoms with E-state index in [0.29, 0.717) is 5.25 Å². The van der Waals surface area contributed by atoms with Crippen LogP contribution in [0.5, 0.6) is 0 Å². The summed E-state index contributed by atoms with van der Waals surface area (Å²) in [6.07, 6.45) is 1.09. The highest BCUT2D eigenvalue weighted by molar-refractivity contribution is 7.99. The second kappa shape index (κ2) is 4.33. The lowest BCUT2D eigenvalue weighted by Gasteiger charge is -2.18. The van der Waals surface area contributed by atoms with Gasteiger partial charge in [0, 0.05) is 15.6 Å². The molecular formula is C15H22OS. The summed E-state index contributed by atoms with van der Waals surface area (Å²) in [5, 5.41) is 10.3. The Hall–Kier alpha value is -0.470. The first kappa shape index (κ1) is 13.0. The van der Waals surface area contributed by atoms with E-state index in [4.69, 9.17) is 0 Å². The molecule has 0 radical (unpaired) electrons. The van der Waals surface area contributed by atoms with Gasteiger partial charge in [-0.1, -0.05) is 39.8 Å². The first-order valence-electron chi connectivity index (χ1n) is 6.29. The van der Waals surface area contributed by atoms with Crippen LogP contribution in [0.15, 0.2) is 29.2 Å². The molecule has 1 nitrogen and oxygen atoms in total. The van der Waals surface area contributed by atoms with E-state index >= 15 is 0 Å². The van der Waals surface area contributed by atoms with Crippen LogP contribution in [0.25, 0.3) is 0 Å². The predicted octanol–water partition coefficient (Wildman–Crippen LogP) is 3.85. The summed E-state index contributed by atoms with van der Waals surface area (Å²) < 4.78 is 0. The van der Waals surface area contributed by atoms with E-state index in [-0.39, 0.29) is 17.4 Å². The van der Waals surface area contributed by atoms with Gasteiger partial charge in [-0.2, -0.15) is 0 Å². The second-order valence-electron chi connectivity index (χ2n) is 5.99. The Labute approximate surface area is 109 Å². The Kier molecular flexibility index (Phi) is 3.30. The van der Waals surface area contributed by atoms with Crippen molar-refractivity contribution in [3.8, 4) is 0 Å². The topological polar surface area (TPSA) is 20.2 Å². The molecule has 1 atom stereocenters. The number of benzene rings is 1. The van der Waals surface area contributed by atoms with Gasteiger partial charge in [0.1, 0.15) is 0 Å². The predicted molar refractivity (Wildman–Crippen MR) is 74.6 cm³/mol. The summed E-state index contributed by atoms with van der Waals surface area (Å²) in [6, 6.07) is 8.75. The molecule has 0 aromatic heterocycles. The van der Waals surface area contributed by atoms with Crippen LogP contribution in [0.4, 0.5) is 0 Å². The van der Waals surface area contributed by atoms with Crippen LogP contribution < -0.4 is 0 Å². The van der Waals surface area contributed by atoms with Gasteiger partial charge in [-0.25, -0.2) is 0 Å². The van der Waals surface area contributed by atoms with Gasteiger partial charge in [0.05, 0.1) is 6.61 Å². The molecule has 1 aliphatic rings. The summed E-state index contributed by atoms with van der Waals surface area (Å²) in [6.45, 7) is 9.15. The van der Waals surface area contributed by atoms with Crippen LogP contribution in [-0.4, -0.2) is 17.0 Å². The fourth-order valence-corrected chi connectivity index (χ4v) is 3.53. The van der Waals surface area contributed by atoms with Crippen LogP contribution in [0.3, 0.4) is 0 Å². The summed E-state index contributed by atoms with van der Waals surface area (Å²) >= 11 is 1.88. The maximum Gasteiger partial charge on any atom is 0.0533 e. The molecule has 2 rings (SSSR count). The molecule has 94 valence electrons. The summed E-state index contributed by atoms with van der Waals surface area (Å²) in [4.78, 5) is 1.32. The minimum atomic E-state index is 0.00796. The zero-order valence-corrected chi connectivity index (χ0v) is 12.0. The molecule has 2 heteroatoms. The van der Waals surface area contributed by atoms with Crippen molar-refractivity contribution < 1.29 is 5.11 Å². The summed E-state index contributed by atoms with van der Waals surface area (Å²) in [7, 11) is 0. The Balaban J connectivity index is 2.19. The maximum absolute atomic E-state index is 9.66. The lowest BCUT2D eigenvalue weighted by molar-refractivity contribution is 0.231. The highest BCUT2D eigenvalue weighted by atomic mass is 32.2. The molecule has 1 saturated carbocycles. The smallest absolute Gasteiger partial charge is 0.0533 e. The molecule has 0 spiro atoms. The van der Waals surface area contributed by atoms with E-state index < -0.39 is 0 Å². The largest absolute Gasteiger partial charge is 0.395 e. The Bertz CT molecular complexity index is 394. The first-order chi connectivity index (χ1) is 7.91. The highest BCUT2D eigenvalue weighted by Crippen LogP contribution is 2.63. The van der Waals surface area contributed by atoms with Crippen LogP contribution >= 0.6 is 11.8 Å². The molecule has 0 heterocycles. The fourth-order valence-electron chi connectivity index (χ4n) is 2.69. The molecule has 1 aromatic rings. The first-order valence-corrected chi connectivity index (χ1v) is 7.17. The van der Waals surface area contributed by atoms with E-state index in [1.165, 1.54) is 10.5 Å². The minimum absolute atomic E-state index is 0.00796. The molecule has 0 aliphatic heterocycles. The van der Waals surface area contributed by atoms with Crippen LogP contribution in [-0.2, 0) is 5.41 Å². The van der Waals surface area contributed by atoms with Crippen molar-refractivity contribution in [2.24, 2.45) is 5.41 Å². The van der Waals surface area contributed by atoms with Crippen molar-refractivity contribution in [2.45, 2.75) is 49.7 Å². The normalized spacial score (nSPS) is 26.2. The van der Waals surface area contributed by atoms with Gasteiger partial charge in [-0.05, 0) is 29.5 Å². The van der Waals surface area contributed by atoms with Gasteiger partial charge >= 0.3 is 0 Å². The van der Waals surface area contributed by atoms with Crippen LogP contribution in [0.1, 0.15) is 39.7 Å². The quantitative estimate of drug-likeness (QED) is 0.819. The molecule has 1 N–H and O–H groups in total. The number of aliphatic hydroxyl groups is 1. The van der Waals surface area contributed by atoms with E-state index in [1.54, 1.807) is 0 Å². The molecule has 1 fully saturated rings. The van der Waals surface area contributed by atoms with E-state index in [9.17, 15) is 5.11 Å². The van der Waals surface area contributed by atoms with Gasteiger partial charge in [0.2, 0.25) is 0 Å². The highest BCUT2D eigenvalue weighted by Gasteiger charge is 2.61. The minimum Gasteiger partial charge on any atom is -0.395 e. The van der Waals surface area contributed by atoms with Gasteiger partial charge in [-0.15, -0.1) is 11.8 Å². The second-order valence-corrected chi connectivity index (χ2v) is 7.64. The van der Waals surface area contributed by atoms with Crippen molar-refractivity contribution in [1.82, 2.24) is 0 Å². The third kappa shape index (κ3) is 2.25. The maximum atomic E-state index is 9.66. The monoisotopic (exact) mass is 250 g/mol. The number of hydrogen-bond acceptors (Lipinski definition) is 2. The van der Waals surface area contributed by atoms with Crippen molar-refractivity contribution in [3.63, 3.8) is 0 Å². The lowest BCUT2D eigenvalue weighted by Crippen LogP contribution is -2.19. The SMILES string of the molecule is CC(C)Sc1ccc(C2(CO)CC2(C)C)cc1. The van der Waals surface area contributed by atoms with Crippen LogP contribution in [0.2, 0.25) is 0 Å². The summed E-state index contributed by atoms with van der Waals surface area (Å²) in [5.74, 6) is 0. The number of rotatable bonds is 4. The molecule has 0 saturated heterocycles. The standard InChI is InChI=1S/C15H22OS/c1-11(2)17-13-7-5-12(6-8-13)15(10-16)9-14(15,3)4/h5-8,11,16H,9-10H2,1-4H3. The van der Waals surface area contributed by atoms with Gasteiger partial charge in [0.15, 0.2) is 0 Å². The zero-order chi connectivity index (χ0) is 12.7. The average molecular weight is 250 g/mol. The molecule has 17 heavy (non-hydrogen) atoms. The molecule has 1 aliphatic carbocycles. The van der Waals surface area contributed by atoms with Crippen LogP contribution in [0, 0.1) is 5.41 Å². The van der Waals surface area contributed by atoms with E-state index in [2.05, 4.69) is 52.0 Å². The number of hydrogen-bond donors (Lipinski definition) is 1. The van der Waals surface area contributed by atoms with Gasteiger partial charge < -0.3 is 5.11 Å². The molecule has 1 aromatic carbocycles. The number of thioether (sulfide) groups is 1. The molecule has 1 unspecified atom stereocenters. The zero-order valence-electron chi connectivity index (χ0n) is 11.2. The van der Waals surface area contributed by atoms with E-state index in [1.807, 2.05) is 11.8 Å². The van der Waals surface area contributed by atoms with Crippen molar-refractivity contribution in [1.29, 1.82) is 0 Å². The third-order valence-corrected chi connectivity index (χ3v) is 4.98. The Morgan fingerprint density at radius 3 is 2.12 bits per heavy atom. The fraction of sp³-hybridized carbons (Fsp3) is 0.600. The lowest BCUT2D eigenvalue weighted by atomic mass is 9.89. The van der Waals surface area contributed by atoms with Crippen molar-refractivity contribution in [3.05, 3.63) is 29.8 Å².